The monoisotopic (exact) mass is 152 g/mol. The number of nitrogens with one attached hydrogen (secondary N) is 1. The molecule has 0 bridgehead atoms. The number of nitrogens with zero attached hydrogens (tertiary/aromatic N) is 1. The fourth-order valence-electron chi connectivity index (χ4n) is 0.528. The van der Waals surface area contributed by atoms with Crippen molar-refractivity contribution in [3.8, 4) is 0 Å². The summed E-state index contributed by atoms with van der Waals surface area (Å²) in [4.78, 5) is 23.6. The number of aliphatic imine (C=N–C) groups is 1. The minimum atomic E-state index is -1.09. The molecule has 0 fully saturated rings. The summed E-state index contributed by atoms with van der Waals surface area (Å²) >= 11 is 0. The predicted molar refractivity (Wildman–Crippen MR) is 36.6 cm³/mol. The van der Waals surface area contributed by atoms with Crippen LogP contribution in [0.5, 0.6) is 0 Å². The summed E-state index contributed by atoms with van der Waals surface area (Å²) in [5.74, 6) is 0.373. The van der Waals surface area contributed by atoms with Gasteiger partial charge in [-0.05, 0) is 0 Å². The van der Waals surface area contributed by atoms with Crippen LogP contribution in [0.2, 0.25) is 0 Å². The van der Waals surface area contributed by atoms with Gasteiger partial charge < -0.3 is 10.4 Å². The summed E-state index contributed by atoms with van der Waals surface area (Å²) in [6, 6.07) is 0. The minimum absolute atomic E-state index is 0.00370. The lowest BCUT2D eigenvalue weighted by molar-refractivity contribution is -0.132. The Kier molecular flexibility index (Phi) is 1.85. The van der Waals surface area contributed by atoms with Gasteiger partial charge in [0.1, 0.15) is 0 Å². The third kappa shape index (κ3) is 1.53. The van der Waals surface area contributed by atoms with E-state index in [0.717, 1.165) is 6.21 Å². The second kappa shape index (κ2) is 2.81. The average Bonchev–Trinajstić information content (AvgIpc) is 2.05. The molecule has 1 rings (SSSR count). The van der Waals surface area contributed by atoms with Crippen LogP contribution >= 0.6 is 0 Å². The topological polar surface area (TPSA) is 78.8 Å². The molecule has 0 aliphatic carbocycles. The Morgan fingerprint density at radius 3 is 2.82 bits per heavy atom. The van der Waals surface area contributed by atoms with Gasteiger partial charge in [0.15, 0.2) is 5.94 Å². The maximum atomic E-state index is 10.2. The fourth-order valence-corrected chi connectivity index (χ4v) is 0.528. The molecule has 56 valence electrons. The maximum absolute atomic E-state index is 10.2. The van der Waals surface area contributed by atoms with Crippen LogP contribution in [-0.2, 0) is 9.59 Å². The van der Waals surface area contributed by atoms with Gasteiger partial charge in [-0.25, -0.2) is 14.6 Å². The zero-order valence-electron chi connectivity index (χ0n) is 5.37. The second-order valence-electron chi connectivity index (χ2n) is 1.76. The van der Waals surface area contributed by atoms with Gasteiger partial charge in [-0.15, -0.1) is 0 Å². The Morgan fingerprint density at radius 1 is 1.73 bits per heavy atom. The van der Waals surface area contributed by atoms with Crippen LogP contribution in [-0.4, -0.2) is 23.2 Å². The Labute approximate surface area is 61.7 Å². The van der Waals surface area contributed by atoms with Crippen molar-refractivity contribution in [1.82, 2.24) is 5.32 Å². The number of carboxylic acid groups (broad SMARTS) is 1. The Bertz CT molecular complexity index is 297. The van der Waals surface area contributed by atoms with Gasteiger partial charge >= 0.3 is 5.97 Å². The lowest BCUT2D eigenvalue weighted by atomic mass is 10.3. The Balaban J connectivity index is 2.83. The SMILES string of the molecule is O=C=C1N=CC(C(=O)O)=CN1. The number of rotatable bonds is 1. The largest absolute Gasteiger partial charge is 0.478 e. The van der Waals surface area contributed by atoms with E-state index in [0.29, 0.717) is 0 Å². The molecule has 0 aromatic carbocycles. The van der Waals surface area contributed by atoms with Gasteiger partial charge in [0, 0.05) is 12.4 Å². The third-order valence-corrected chi connectivity index (χ3v) is 1.04. The first kappa shape index (κ1) is 7.24. The summed E-state index contributed by atoms with van der Waals surface area (Å²) in [6.07, 6.45) is 2.26. The van der Waals surface area contributed by atoms with Crippen molar-refractivity contribution in [2.45, 2.75) is 0 Å². The number of aliphatic carboxylic acids is 1. The molecule has 0 atom stereocenters. The number of hydrogen-bond donors (Lipinski definition) is 2. The maximum Gasteiger partial charge on any atom is 0.338 e. The molecule has 1 heterocycles. The molecule has 11 heavy (non-hydrogen) atoms. The lowest BCUT2D eigenvalue weighted by Crippen LogP contribution is -2.15. The van der Waals surface area contributed by atoms with Gasteiger partial charge in [-0.2, -0.15) is 0 Å². The van der Waals surface area contributed by atoms with E-state index in [1.54, 1.807) is 0 Å². The molecule has 5 nitrogen and oxygen atoms in total. The summed E-state index contributed by atoms with van der Waals surface area (Å²) < 4.78 is 0. The van der Waals surface area contributed by atoms with E-state index < -0.39 is 5.97 Å². The highest BCUT2D eigenvalue weighted by atomic mass is 16.4. The molecule has 0 saturated heterocycles. The van der Waals surface area contributed by atoms with Crippen LogP contribution in [0, 0.1) is 0 Å². The molecule has 5 heteroatoms. The lowest BCUT2D eigenvalue weighted by Gasteiger charge is -2.02. The van der Waals surface area contributed by atoms with E-state index in [1.165, 1.54) is 12.1 Å². The fraction of sp³-hybridized carbons (Fsp3) is 0. The van der Waals surface area contributed by atoms with E-state index in [4.69, 9.17) is 5.11 Å². The number of carbonyl (C=O) groups excluding carboxylic acids is 1. The molecule has 0 amide bonds. The molecular formula is C6H4N2O3. The molecule has 2 N–H and O–H groups in total. The molecule has 0 aromatic heterocycles. The van der Waals surface area contributed by atoms with Crippen LogP contribution in [0.1, 0.15) is 0 Å². The molecule has 1 aliphatic heterocycles. The van der Waals surface area contributed by atoms with Crippen LogP contribution in [0.3, 0.4) is 0 Å². The quantitative estimate of drug-likeness (QED) is 0.487. The van der Waals surface area contributed by atoms with Crippen molar-refractivity contribution in [1.29, 1.82) is 0 Å². The average molecular weight is 152 g/mol. The normalized spacial score (nSPS) is 14.9. The van der Waals surface area contributed by atoms with Gasteiger partial charge in [0.2, 0.25) is 5.82 Å². The van der Waals surface area contributed by atoms with Crippen LogP contribution < -0.4 is 5.32 Å². The van der Waals surface area contributed by atoms with Crippen molar-refractivity contribution in [3.63, 3.8) is 0 Å². The third-order valence-electron chi connectivity index (χ3n) is 1.04. The molecule has 1 aliphatic rings. The standard InChI is InChI=1S/C6H4N2O3/c9-3-5-7-1-4(2-8-5)6(10)11/h1-2,7H,(H,10,11). The number of carbonyl (C=O) groups is 1. The van der Waals surface area contributed by atoms with Crippen LogP contribution in [0.15, 0.2) is 22.6 Å². The Hall–Kier alpha value is -1.87. The summed E-state index contributed by atoms with van der Waals surface area (Å²) in [7, 11) is 0. The summed E-state index contributed by atoms with van der Waals surface area (Å²) in [6.45, 7) is 0. The minimum Gasteiger partial charge on any atom is -0.478 e. The van der Waals surface area contributed by atoms with E-state index in [1.807, 2.05) is 0 Å². The molecular weight excluding hydrogens is 148 g/mol. The zero-order valence-corrected chi connectivity index (χ0v) is 5.37. The Morgan fingerprint density at radius 2 is 2.45 bits per heavy atom. The van der Waals surface area contributed by atoms with E-state index in [-0.39, 0.29) is 11.4 Å². The highest BCUT2D eigenvalue weighted by Crippen LogP contribution is 1.98. The first-order valence-corrected chi connectivity index (χ1v) is 2.73. The highest BCUT2D eigenvalue weighted by Gasteiger charge is 2.07. The van der Waals surface area contributed by atoms with Crippen molar-refractivity contribution in [3.05, 3.63) is 17.6 Å². The van der Waals surface area contributed by atoms with Crippen molar-refractivity contribution >= 4 is 18.1 Å². The first-order valence-electron chi connectivity index (χ1n) is 2.73. The van der Waals surface area contributed by atoms with Crippen molar-refractivity contribution in [2.75, 3.05) is 0 Å². The van der Waals surface area contributed by atoms with Gasteiger partial charge in [0.25, 0.3) is 0 Å². The molecule has 0 saturated carbocycles. The second-order valence-corrected chi connectivity index (χ2v) is 1.76. The van der Waals surface area contributed by atoms with Crippen molar-refractivity contribution in [2.24, 2.45) is 4.99 Å². The van der Waals surface area contributed by atoms with Gasteiger partial charge in [-0.1, -0.05) is 0 Å². The van der Waals surface area contributed by atoms with Crippen molar-refractivity contribution < 1.29 is 14.7 Å². The summed E-state index contributed by atoms with van der Waals surface area (Å²) in [5.41, 5.74) is 0.00370. The zero-order chi connectivity index (χ0) is 8.27. The summed E-state index contributed by atoms with van der Waals surface area (Å²) in [5, 5.41) is 10.7. The van der Waals surface area contributed by atoms with Crippen LogP contribution in [0.25, 0.3) is 0 Å². The predicted octanol–water partition coefficient (Wildman–Crippen LogP) is -0.698. The van der Waals surface area contributed by atoms with Crippen LogP contribution in [0.4, 0.5) is 0 Å². The molecule has 0 unspecified atom stereocenters. The van der Waals surface area contributed by atoms with Gasteiger partial charge in [0.05, 0.1) is 5.57 Å². The van der Waals surface area contributed by atoms with E-state index in [2.05, 4.69) is 10.3 Å². The highest BCUT2D eigenvalue weighted by molar-refractivity contribution is 6.09. The first-order chi connectivity index (χ1) is 5.24. The molecule has 0 aromatic rings. The number of hydrogen-bond acceptors (Lipinski definition) is 4. The smallest absolute Gasteiger partial charge is 0.338 e. The van der Waals surface area contributed by atoms with E-state index >= 15 is 0 Å². The molecule has 0 spiro atoms. The van der Waals surface area contributed by atoms with E-state index in [9.17, 15) is 9.59 Å². The van der Waals surface area contributed by atoms with Gasteiger partial charge in [-0.3, -0.25) is 0 Å². The molecule has 0 radical (unpaired) electrons. The number of carboxylic acids is 1.